The standard InChI is InChI=1S/C23H33N3O2/c1-17-21(16-23(28-17)12-14-26(2)15-13-23)24-25-22(27)20-10-8-19(9-11-20)18-6-4-3-5-7-18/h8-11,17-18H,3-7,12-16H2,1-2H3,(H,25,27)/b24-21+. The second-order valence-corrected chi connectivity index (χ2v) is 8.92. The van der Waals surface area contributed by atoms with Gasteiger partial charge in [0.1, 0.15) is 0 Å². The number of rotatable bonds is 3. The van der Waals surface area contributed by atoms with Gasteiger partial charge in [-0.25, -0.2) is 5.43 Å². The minimum atomic E-state index is -0.140. The molecule has 3 aliphatic rings. The Bertz CT molecular complexity index is 714. The number of ether oxygens (including phenoxy) is 1. The molecule has 1 aliphatic carbocycles. The first-order valence-electron chi connectivity index (χ1n) is 10.9. The van der Waals surface area contributed by atoms with Gasteiger partial charge in [0.2, 0.25) is 0 Å². The first-order chi connectivity index (χ1) is 13.5. The van der Waals surface area contributed by atoms with Crippen LogP contribution in [0.3, 0.4) is 0 Å². The molecule has 5 heteroatoms. The summed E-state index contributed by atoms with van der Waals surface area (Å²) in [5.41, 5.74) is 5.66. The molecule has 1 aromatic carbocycles. The zero-order chi connectivity index (χ0) is 19.6. The fraction of sp³-hybridized carbons (Fsp3) is 0.652. The number of nitrogens with zero attached hydrogens (tertiary/aromatic N) is 2. The second kappa shape index (κ2) is 8.34. The summed E-state index contributed by atoms with van der Waals surface area (Å²) in [7, 11) is 2.15. The lowest BCUT2D eigenvalue weighted by Crippen LogP contribution is -2.42. The van der Waals surface area contributed by atoms with Crippen molar-refractivity contribution >= 4 is 11.6 Å². The molecule has 5 nitrogen and oxygen atoms in total. The number of nitrogens with one attached hydrogen (secondary N) is 1. The minimum absolute atomic E-state index is 0.0302. The Hall–Kier alpha value is -1.72. The molecule has 152 valence electrons. The van der Waals surface area contributed by atoms with Crippen LogP contribution in [0, 0.1) is 0 Å². The van der Waals surface area contributed by atoms with E-state index in [1.165, 1.54) is 37.7 Å². The van der Waals surface area contributed by atoms with Crippen molar-refractivity contribution in [3.8, 4) is 0 Å². The molecule has 1 atom stereocenters. The number of hydrazone groups is 1. The topological polar surface area (TPSA) is 53.9 Å². The van der Waals surface area contributed by atoms with Crippen LogP contribution in [0.25, 0.3) is 0 Å². The van der Waals surface area contributed by atoms with Crippen LogP contribution < -0.4 is 5.43 Å². The molecule has 2 saturated heterocycles. The molecular weight excluding hydrogens is 350 g/mol. The quantitative estimate of drug-likeness (QED) is 0.800. The largest absolute Gasteiger partial charge is 0.366 e. The highest BCUT2D eigenvalue weighted by Crippen LogP contribution is 2.37. The van der Waals surface area contributed by atoms with Gasteiger partial charge in [-0.15, -0.1) is 0 Å². The Morgan fingerprint density at radius 2 is 1.82 bits per heavy atom. The lowest BCUT2D eigenvalue weighted by Gasteiger charge is -2.36. The Morgan fingerprint density at radius 1 is 1.14 bits per heavy atom. The number of benzene rings is 1. The van der Waals surface area contributed by atoms with Crippen LogP contribution in [-0.4, -0.2) is 48.4 Å². The van der Waals surface area contributed by atoms with Crippen LogP contribution >= 0.6 is 0 Å². The number of carbonyl (C=O) groups is 1. The first-order valence-corrected chi connectivity index (χ1v) is 10.9. The van der Waals surface area contributed by atoms with E-state index in [1.54, 1.807) is 0 Å². The fourth-order valence-corrected chi connectivity index (χ4v) is 4.94. The molecule has 2 aliphatic heterocycles. The fourth-order valence-electron chi connectivity index (χ4n) is 4.94. The number of likely N-dealkylation sites (tertiary alicyclic amines) is 1. The van der Waals surface area contributed by atoms with Gasteiger partial charge in [-0.3, -0.25) is 4.79 Å². The summed E-state index contributed by atoms with van der Waals surface area (Å²) < 4.78 is 6.26. The van der Waals surface area contributed by atoms with Gasteiger partial charge in [-0.2, -0.15) is 5.10 Å². The van der Waals surface area contributed by atoms with E-state index in [9.17, 15) is 4.79 Å². The molecule has 1 amide bonds. The van der Waals surface area contributed by atoms with Crippen molar-refractivity contribution in [3.05, 3.63) is 35.4 Å². The molecule has 1 N–H and O–H groups in total. The summed E-state index contributed by atoms with van der Waals surface area (Å²) in [5.74, 6) is 0.521. The first kappa shape index (κ1) is 19.6. The van der Waals surface area contributed by atoms with E-state index in [4.69, 9.17) is 4.74 Å². The summed E-state index contributed by atoms with van der Waals surface area (Å²) in [6, 6.07) is 8.11. The molecule has 2 heterocycles. The molecule has 4 rings (SSSR count). The summed E-state index contributed by atoms with van der Waals surface area (Å²) in [5, 5.41) is 4.44. The lowest BCUT2D eigenvalue weighted by molar-refractivity contribution is -0.0656. The van der Waals surface area contributed by atoms with Crippen LogP contribution in [0.4, 0.5) is 0 Å². The van der Waals surface area contributed by atoms with Crippen LogP contribution in [0.2, 0.25) is 0 Å². The van der Waals surface area contributed by atoms with Gasteiger partial charge in [-0.1, -0.05) is 31.4 Å². The maximum Gasteiger partial charge on any atom is 0.271 e. The Labute approximate surface area is 168 Å². The summed E-state index contributed by atoms with van der Waals surface area (Å²) >= 11 is 0. The monoisotopic (exact) mass is 383 g/mol. The van der Waals surface area contributed by atoms with Gasteiger partial charge < -0.3 is 9.64 Å². The van der Waals surface area contributed by atoms with Gasteiger partial charge in [0, 0.05) is 25.1 Å². The average molecular weight is 384 g/mol. The molecule has 3 fully saturated rings. The smallest absolute Gasteiger partial charge is 0.271 e. The molecule has 1 aromatic rings. The van der Waals surface area contributed by atoms with E-state index < -0.39 is 0 Å². The zero-order valence-corrected chi connectivity index (χ0v) is 17.2. The van der Waals surface area contributed by atoms with E-state index in [2.05, 4.69) is 34.6 Å². The number of hydrogen-bond acceptors (Lipinski definition) is 4. The third-order valence-corrected chi connectivity index (χ3v) is 6.85. The molecular formula is C23H33N3O2. The predicted molar refractivity (Wildman–Crippen MR) is 112 cm³/mol. The molecule has 1 spiro atoms. The number of amides is 1. The van der Waals surface area contributed by atoms with Crippen molar-refractivity contribution in [2.45, 2.75) is 75.9 Å². The zero-order valence-electron chi connectivity index (χ0n) is 17.2. The van der Waals surface area contributed by atoms with E-state index >= 15 is 0 Å². The summed E-state index contributed by atoms with van der Waals surface area (Å²) in [6.45, 7) is 4.15. The second-order valence-electron chi connectivity index (χ2n) is 8.92. The van der Waals surface area contributed by atoms with Crippen molar-refractivity contribution in [1.82, 2.24) is 10.3 Å². The van der Waals surface area contributed by atoms with E-state index in [-0.39, 0.29) is 17.6 Å². The third kappa shape index (κ3) is 4.31. The number of hydrogen-bond donors (Lipinski definition) is 1. The van der Waals surface area contributed by atoms with Crippen LogP contribution in [0.15, 0.2) is 29.4 Å². The molecule has 0 radical (unpaired) electrons. The van der Waals surface area contributed by atoms with Crippen LogP contribution in [0.1, 0.15) is 80.1 Å². The maximum atomic E-state index is 12.5. The minimum Gasteiger partial charge on any atom is -0.366 e. The third-order valence-electron chi connectivity index (χ3n) is 6.85. The van der Waals surface area contributed by atoms with E-state index in [0.717, 1.165) is 38.1 Å². The van der Waals surface area contributed by atoms with Crippen LogP contribution in [-0.2, 0) is 4.74 Å². The SMILES string of the molecule is CC1OC2(CCN(C)CC2)C/C1=N\NC(=O)c1ccc(C2CCCCC2)cc1. The lowest BCUT2D eigenvalue weighted by atomic mass is 9.84. The average Bonchev–Trinajstić information content (AvgIpc) is 3.04. The van der Waals surface area contributed by atoms with Crippen molar-refractivity contribution in [1.29, 1.82) is 0 Å². The van der Waals surface area contributed by atoms with E-state index in [1.807, 2.05) is 19.1 Å². The van der Waals surface area contributed by atoms with Gasteiger partial charge in [0.25, 0.3) is 5.91 Å². The highest BCUT2D eigenvalue weighted by Gasteiger charge is 2.44. The normalized spacial score (nSPS) is 27.4. The van der Waals surface area contributed by atoms with Crippen LogP contribution in [0.5, 0.6) is 0 Å². The molecule has 0 aromatic heterocycles. The predicted octanol–water partition coefficient (Wildman–Crippen LogP) is 4.09. The van der Waals surface area contributed by atoms with E-state index in [0.29, 0.717) is 11.5 Å². The van der Waals surface area contributed by atoms with Gasteiger partial charge in [-0.05, 0) is 63.3 Å². The van der Waals surface area contributed by atoms with Gasteiger partial charge in [0.15, 0.2) is 0 Å². The highest BCUT2D eigenvalue weighted by molar-refractivity contribution is 5.96. The van der Waals surface area contributed by atoms with Crippen molar-refractivity contribution < 1.29 is 9.53 Å². The Balaban J connectivity index is 1.35. The van der Waals surface area contributed by atoms with Crippen molar-refractivity contribution in [2.75, 3.05) is 20.1 Å². The summed E-state index contributed by atoms with van der Waals surface area (Å²) in [4.78, 5) is 14.9. The molecule has 1 unspecified atom stereocenters. The van der Waals surface area contributed by atoms with Gasteiger partial charge >= 0.3 is 0 Å². The maximum absolute atomic E-state index is 12.5. The number of carbonyl (C=O) groups excluding carboxylic acids is 1. The molecule has 0 bridgehead atoms. The Kier molecular flexibility index (Phi) is 5.83. The van der Waals surface area contributed by atoms with Gasteiger partial charge in [0.05, 0.1) is 17.4 Å². The molecule has 1 saturated carbocycles. The molecule has 28 heavy (non-hydrogen) atoms. The van der Waals surface area contributed by atoms with Crippen molar-refractivity contribution in [3.63, 3.8) is 0 Å². The van der Waals surface area contributed by atoms with Crippen molar-refractivity contribution in [2.24, 2.45) is 5.10 Å². The highest BCUT2D eigenvalue weighted by atomic mass is 16.5. The Morgan fingerprint density at radius 3 is 2.50 bits per heavy atom. The summed E-state index contributed by atoms with van der Waals surface area (Å²) in [6.07, 6.45) is 9.40. The number of piperidine rings is 1.